The summed E-state index contributed by atoms with van der Waals surface area (Å²) in [4.78, 5) is 5.08. The number of pyridine rings is 1. The van der Waals surface area contributed by atoms with E-state index in [1.165, 1.54) is 30.5 Å². The number of aryl methyl sites for hydroxylation is 1. The maximum absolute atomic E-state index is 10.0. The Morgan fingerprint density at radius 3 is 2.52 bits per heavy atom. The lowest BCUT2D eigenvalue weighted by molar-refractivity contribution is 0.0844. The van der Waals surface area contributed by atoms with Crippen LogP contribution in [0.5, 0.6) is 0 Å². The van der Waals surface area contributed by atoms with Crippen molar-refractivity contribution in [3.8, 4) is 17.2 Å². The van der Waals surface area contributed by atoms with Gasteiger partial charge in [-0.2, -0.15) is 5.26 Å². The second-order valence-corrected chi connectivity index (χ2v) is 7.10. The summed E-state index contributed by atoms with van der Waals surface area (Å²) in [5, 5.41) is 10.0. The van der Waals surface area contributed by atoms with Gasteiger partial charge in [-0.05, 0) is 49.7 Å². The minimum Gasteiger partial charge on any atom is -0.381 e. The van der Waals surface area contributed by atoms with Crippen LogP contribution in [0.3, 0.4) is 0 Å². The fourth-order valence-electron chi connectivity index (χ4n) is 4.24. The van der Waals surface area contributed by atoms with Crippen LogP contribution in [0.2, 0.25) is 0 Å². The molecule has 2 heterocycles. The second-order valence-electron chi connectivity index (χ2n) is 7.10. The van der Waals surface area contributed by atoms with Crippen LogP contribution in [-0.4, -0.2) is 18.2 Å². The SMILES string of the molecule is N#Cc1c(C2CCOCC2)nc2c(c1-c1ccccc1)CCCCC2. The molecule has 0 amide bonds. The fourth-order valence-corrected chi connectivity index (χ4v) is 4.24. The number of benzene rings is 1. The smallest absolute Gasteiger partial charge is 0.102 e. The Kier molecular flexibility index (Phi) is 4.81. The number of aromatic nitrogens is 1. The quantitative estimate of drug-likeness (QED) is 0.743. The summed E-state index contributed by atoms with van der Waals surface area (Å²) in [5.74, 6) is 0.347. The highest BCUT2D eigenvalue weighted by Gasteiger charge is 2.27. The standard InChI is InChI=1S/C22H24N2O/c23-15-19-21(16-7-3-1-4-8-16)18-9-5-2-6-10-20(18)24-22(19)17-11-13-25-14-12-17/h1,3-4,7-8,17H,2,5-6,9-14H2. The number of nitrogens with zero attached hydrogens (tertiary/aromatic N) is 2. The van der Waals surface area contributed by atoms with Crippen molar-refractivity contribution in [1.82, 2.24) is 4.98 Å². The maximum atomic E-state index is 10.0. The van der Waals surface area contributed by atoms with Gasteiger partial charge in [0.1, 0.15) is 6.07 Å². The lowest BCUT2D eigenvalue weighted by Gasteiger charge is -2.25. The minimum atomic E-state index is 0.347. The highest BCUT2D eigenvalue weighted by atomic mass is 16.5. The van der Waals surface area contributed by atoms with Gasteiger partial charge in [0.25, 0.3) is 0 Å². The zero-order valence-electron chi connectivity index (χ0n) is 14.6. The van der Waals surface area contributed by atoms with Crippen LogP contribution in [0.25, 0.3) is 11.1 Å². The number of fused-ring (bicyclic) bond motifs is 1. The van der Waals surface area contributed by atoms with Crippen molar-refractivity contribution in [3.63, 3.8) is 0 Å². The summed E-state index contributed by atoms with van der Waals surface area (Å²) in [6.45, 7) is 1.55. The molecule has 1 aromatic carbocycles. The Hall–Kier alpha value is -2.18. The third kappa shape index (κ3) is 3.19. The molecule has 1 aliphatic carbocycles. The van der Waals surface area contributed by atoms with Crippen LogP contribution < -0.4 is 0 Å². The van der Waals surface area contributed by atoms with Crippen molar-refractivity contribution in [2.75, 3.05) is 13.2 Å². The molecule has 25 heavy (non-hydrogen) atoms. The van der Waals surface area contributed by atoms with Gasteiger partial charge in [-0.1, -0.05) is 36.8 Å². The zero-order chi connectivity index (χ0) is 17.1. The number of ether oxygens (including phenoxy) is 1. The number of hydrogen-bond donors (Lipinski definition) is 0. The van der Waals surface area contributed by atoms with Gasteiger partial charge >= 0.3 is 0 Å². The molecule has 0 atom stereocenters. The van der Waals surface area contributed by atoms with E-state index in [1.807, 2.05) is 6.07 Å². The van der Waals surface area contributed by atoms with Gasteiger partial charge in [0.2, 0.25) is 0 Å². The number of nitriles is 1. The third-order valence-corrected chi connectivity index (χ3v) is 5.53. The first-order valence-electron chi connectivity index (χ1n) is 9.47. The molecular formula is C22H24N2O. The molecule has 0 saturated carbocycles. The van der Waals surface area contributed by atoms with E-state index in [0.29, 0.717) is 5.92 Å². The van der Waals surface area contributed by atoms with Crippen LogP contribution in [-0.2, 0) is 17.6 Å². The summed E-state index contributed by atoms with van der Waals surface area (Å²) >= 11 is 0. The van der Waals surface area contributed by atoms with E-state index in [2.05, 4.69) is 30.3 Å². The Labute approximate surface area is 149 Å². The molecule has 0 N–H and O–H groups in total. The van der Waals surface area contributed by atoms with Crippen LogP contribution in [0.1, 0.15) is 60.5 Å². The molecule has 4 rings (SSSR count). The van der Waals surface area contributed by atoms with Crippen LogP contribution in [0.4, 0.5) is 0 Å². The van der Waals surface area contributed by atoms with Gasteiger partial charge in [0.05, 0.1) is 11.3 Å². The van der Waals surface area contributed by atoms with Crippen LogP contribution >= 0.6 is 0 Å². The Morgan fingerprint density at radius 2 is 1.76 bits per heavy atom. The largest absolute Gasteiger partial charge is 0.381 e. The minimum absolute atomic E-state index is 0.347. The number of rotatable bonds is 2. The maximum Gasteiger partial charge on any atom is 0.102 e. The normalized spacial score (nSPS) is 18.2. The van der Waals surface area contributed by atoms with Gasteiger partial charge in [-0.15, -0.1) is 0 Å². The Balaban J connectivity index is 1.94. The molecule has 1 saturated heterocycles. The molecule has 2 aromatic rings. The molecule has 0 bridgehead atoms. The summed E-state index contributed by atoms with van der Waals surface area (Å²) in [5.41, 5.74) is 6.68. The molecule has 0 spiro atoms. The molecule has 1 aromatic heterocycles. The highest BCUT2D eigenvalue weighted by Crippen LogP contribution is 2.38. The lowest BCUT2D eigenvalue weighted by Crippen LogP contribution is -2.18. The van der Waals surface area contributed by atoms with Gasteiger partial charge in [0.15, 0.2) is 0 Å². The predicted molar refractivity (Wildman–Crippen MR) is 98.4 cm³/mol. The Morgan fingerprint density at radius 1 is 1.00 bits per heavy atom. The summed E-state index contributed by atoms with van der Waals surface area (Å²) in [6, 6.07) is 13.0. The van der Waals surface area contributed by atoms with Crippen molar-refractivity contribution in [2.24, 2.45) is 0 Å². The monoisotopic (exact) mass is 332 g/mol. The molecule has 3 heteroatoms. The Bertz CT molecular complexity index is 786. The average Bonchev–Trinajstić information content (AvgIpc) is 2.93. The van der Waals surface area contributed by atoms with Crippen molar-refractivity contribution >= 4 is 0 Å². The van der Waals surface area contributed by atoms with Crippen molar-refractivity contribution in [3.05, 3.63) is 52.8 Å². The van der Waals surface area contributed by atoms with Gasteiger partial charge < -0.3 is 4.74 Å². The average molecular weight is 332 g/mol. The third-order valence-electron chi connectivity index (χ3n) is 5.53. The zero-order valence-corrected chi connectivity index (χ0v) is 14.6. The van der Waals surface area contributed by atoms with E-state index in [4.69, 9.17) is 9.72 Å². The molecular weight excluding hydrogens is 308 g/mol. The van der Waals surface area contributed by atoms with Crippen molar-refractivity contribution < 1.29 is 4.74 Å². The van der Waals surface area contributed by atoms with Gasteiger partial charge in [-0.25, -0.2) is 0 Å². The van der Waals surface area contributed by atoms with Crippen LogP contribution in [0.15, 0.2) is 30.3 Å². The van der Waals surface area contributed by atoms with E-state index in [9.17, 15) is 5.26 Å². The first-order chi connectivity index (χ1) is 12.4. The molecule has 1 aliphatic heterocycles. The first-order valence-corrected chi connectivity index (χ1v) is 9.47. The van der Waals surface area contributed by atoms with E-state index in [1.54, 1.807) is 0 Å². The van der Waals surface area contributed by atoms with E-state index in [-0.39, 0.29) is 0 Å². The van der Waals surface area contributed by atoms with Crippen molar-refractivity contribution in [1.29, 1.82) is 5.26 Å². The molecule has 0 radical (unpaired) electrons. The van der Waals surface area contributed by atoms with Crippen LogP contribution in [0, 0.1) is 11.3 Å². The first kappa shape index (κ1) is 16.3. The lowest BCUT2D eigenvalue weighted by atomic mass is 9.85. The van der Waals surface area contributed by atoms with Crippen molar-refractivity contribution in [2.45, 2.75) is 50.9 Å². The number of hydrogen-bond acceptors (Lipinski definition) is 3. The summed E-state index contributed by atoms with van der Waals surface area (Å²) in [6.07, 6.45) is 7.65. The second kappa shape index (κ2) is 7.37. The predicted octanol–water partition coefficient (Wildman–Crippen LogP) is 4.78. The molecule has 128 valence electrons. The molecule has 0 unspecified atom stereocenters. The van der Waals surface area contributed by atoms with E-state index >= 15 is 0 Å². The van der Waals surface area contributed by atoms with Gasteiger partial charge in [-0.3, -0.25) is 4.98 Å². The highest BCUT2D eigenvalue weighted by molar-refractivity contribution is 5.76. The van der Waals surface area contributed by atoms with E-state index in [0.717, 1.165) is 61.3 Å². The van der Waals surface area contributed by atoms with Gasteiger partial charge in [0, 0.05) is 30.4 Å². The summed E-state index contributed by atoms with van der Waals surface area (Å²) < 4.78 is 5.53. The fraction of sp³-hybridized carbons (Fsp3) is 0.455. The molecule has 3 nitrogen and oxygen atoms in total. The topological polar surface area (TPSA) is 45.9 Å². The molecule has 2 aliphatic rings. The summed E-state index contributed by atoms with van der Waals surface area (Å²) in [7, 11) is 0. The van der Waals surface area contributed by atoms with E-state index < -0.39 is 0 Å². The molecule has 1 fully saturated rings.